The van der Waals surface area contributed by atoms with Crippen LogP contribution in [0.1, 0.15) is 5.56 Å². The van der Waals surface area contributed by atoms with Crippen molar-refractivity contribution in [2.75, 3.05) is 0 Å². The van der Waals surface area contributed by atoms with E-state index in [-0.39, 0.29) is 10.6 Å². The molecule has 0 aliphatic heterocycles. The molecule has 0 N–H and O–H groups in total. The molecule has 0 bridgehead atoms. The molecule has 0 unspecified atom stereocenters. The second-order valence-electron chi connectivity index (χ2n) is 2.79. The number of benzene rings is 1. The van der Waals surface area contributed by atoms with Gasteiger partial charge in [0.2, 0.25) is 0 Å². The molecule has 0 fully saturated rings. The van der Waals surface area contributed by atoms with Crippen molar-refractivity contribution >= 4 is 43.2 Å². The molecule has 72 valence electrons. The summed E-state index contributed by atoms with van der Waals surface area (Å²) in [6.45, 7) is 1.71. The van der Waals surface area contributed by atoms with E-state index in [9.17, 15) is 10.1 Å². The Hall–Kier alpha value is -1.01. The van der Waals surface area contributed by atoms with Crippen LogP contribution < -0.4 is 0 Å². The second-order valence-corrected chi connectivity index (χ2v) is 4.50. The third-order valence-electron chi connectivity index (χ3n) is 1.98. The normalized spacial score (nSPS) is 10.7. The third-order valence-corrected chi connectivity index (χ3v) is 3.73. The van der Waals surface area contributed by atoms with E-state index in [0.29, 0.717) is 11.1 Å². The summed E-state index contributed by atoms with van der Waals surface area (Å²) < 4.78 is 1.68. The average Bonchev–Trinajstić information content (AvgIpc) is 2.59. The van der Waals surface area contributed by atoms with E-state index in [1.54, 1.807) is 12.4 Å². The molecule has 4 nitrogen and oxygen atoms in total. The van der Waals surface area contributed by atoms with Crippen molar-refractivity contribution in [2.24, 2.45) is 0 Å². The molecule has 2 aromatic rings. The van der Waals surface area contributed by atoms with Crippen LogP contribution in [0.5, 0.6) is 0 Å². The zero-order chi connectivity index (χ0) is 10.3. The van der Waals surface area contributed by atoms with Gasteiger partial charge in [-0.15, -0.1) is 11.3 Å². The summed E-state index contributed by atoms with van der Waals surface area (Å²) in [5.41, 5.74) is 3.12. The van der Waals surface area contributed by atoms with Gasteiger partial charge in [0.05, 0.1) is 26.2 Å². The first-order valence-corrected chi connectivity index (χ1v) is 5.45. The number of hydrogen-bond acceptors (Lipinski definition) is 4. The minimum absolute atomic E-state index is 0.107. The Kier molecular flexibility index (Phi) is 2.24. The summed E-state index contributed by atoms with van der Waals surface area (Å²) >= 11 is 4.76. The SMILES string of the molecule is Cc1c([N+](=O)[O-])cc(Br)c2scnc12. The summed E-state index contributed by atoms with van der Waals surface area (Å²) in [6.07, 6.45) is 0. The van der Waals surface area contributed by atoms with Gasteiger partial charge >= 0.3 is 0 Å². The number of aryl methyl sites for hydroxylation is 1. The summed E-state index contributed by atoms with van der Waals surface area (Å²) in [5.74, 6) is 0. The fourth-order valence-electron chi connectivity index (χ4n) is 1.29. The minimum Gasteiger partial charge on any atom is -0.258 e. The van der Waals surface area contributed by atoms with E-state index in [4.69, 9.17) is 0 Å². The highest BCUT2D eigenvalue weighted by Gasteiger charge is 2.17. The van der Waals surface area contributed by atoms with E-state index in [0.717, 1.165) is 9.17 Å². The maximum atomic E-state index is 10.7. The molecular formula is C8H5BrN2O2S. The van der Waals surface area contributed by atoms with Crippen molar-refractivity contribution in [1.29, 1.82) is 0 Å². The van der Waals surface area contributed by atoms with Crippen molar-refractivity contribution in [1.82, 2.24) is 4.98 Å². The molecule has 0 saturated carbocycles. The molecule has 6 heteroatoms. The molecule has 0 atom stereocenters. The number of thiazole rings is 1. The second kappa shape index (κ2) is 3.29. The van der Waals surface area contributed by atoms with Gasteiger partial charge in [-0.2, -0.15) is 0 Å². The fourth-order valence-corrected chi connectivity index (χ4v) is 2.72. The molecule has 0 aliphatic carbocycles. The van der Waals surface area contributed by atoms with Crippen molar-refractivity contribution < 1.29 is 4.92 Å². The zero-order valence-electron chi connectivity index (χ0n) is 7.15. The van der Waals surface area contributed by atoms with Gasteiger partial charge in [0.1, 0.15) is 0 Å². The lowest BCUT2D eigenvalue weighted by atomic mass is 10.2. The van der Waals surface area contributed by atoms with Gasteiger partial charge in [-0.1, -0.05) is 0 Å². The summed E-state index contributed by atoms with van der Waals surface area (Å²) in [6, 6.07) is 1.52. The van der Waals surface area contributed by atoms with Crippen LogP contribution >= 0.6 is 27.3 Å². The number of fused-ring (bicyclic) bond motifs is 1. The maximum Gasteiger partial charge on any atom is 0.275 e. The van der Waals surface area contributed by atoms with Crippen LogP contribution in [0.3, 0.4) is 0 Å². The monoisotopic (exact) mass is 272 g/mol. The molecule has 0 aliphatic rings. The lowest BCUT2D eigenvalue weighted by Gasteiger charge is -1.99. The largest absolute Gasteiger partial charge is 0.275 e. The number of nitro groups is 1. The smallest absolute Gasteiger partial charge is 0.258 e. The van der Waals surface area contributed by atoms with Gasteiger partial charge in [0.15, 0.2) is 0 Å². The lowest BCUT2D eigenvalue weighted by molar-refractivity contribution is -0.385. The average molecular weight is 273 g/mol. The standard InChI is InChI=1S/C8H5BrN2O2S/c1-4-6(11(12)13)2-5(9)8-7(4)10-3-14-8/h2-3H,1H3. The molecule has 14 heavy (non-hydrogen) atoms. The molecule has 1 heterocycles. The number of aromatic nitrogens is 1. The van der Waals surface area contributed by atoms with Crippen LogP contribution in [-0.4, -0.2) is 9.91 Å². The minimum atomic E-state index is -0.390. The fraction of sp³-hybridized carbons (Fsp3) is 0.125. The Morgan fingerprint density at radius 2 is 2.36 bits per heavy atom. The Labute approximate surface area is 91.9 Å². The predicted octanol–water partition coefficient (Wildman–Crippen LogP) is 3.28. The van der Waals surface area contributed by atoms with Gasteiger partial charge < -0.3 is 0 Å². The van der Waals surface area contributed by atoms with E-state index >= 15 is 0 Å². The van der Waals surface area contributed by atoms with Gasteiger partial charge in [-0.05, 0) is 22.9 Å². The predicted molar refractivity (Wildman–Crippen MR) is 58.7 cm³/mol. The molecule has 0 radical (unpaired) electrons. The Morgan fingerprint density at radius 1 is 1.64 bits per heavy atom. The van der Waals surface area contributed by atoms with Crippen molar-refractivity contribution in [3.8, 4) is 0 Å². The topological polar surface area (TPSA) is 56.0 Å². The van der Waals surface area contributed by atoms with E-state index in [1.807, 2.05) is 0 Å². The number of rotatable bonds is 1. The first kappa shape index (κ1) is 9.54. The highest BCUT2D eigenvalue weighted by Crippen LogP contribution is 2.34. The Bertz CT molecular complexity index is 523. The van der Waals surface area contributed by atoms with Crippen LogP contribution in [0.2, 0.25) is 0 Å². The molecule has 0 spiro atoms. The van der Waals surface area contributed by atoms with E-state index < -0.39 is 0 Å². The molecule has 0 amide bonds. The van der Waals surface area contributed by atoms with Crippen LogP contribution in [0.4, 0.5) is 5.69 Å². The number of halogens is 1. The highest BCUT2D eigenvalue weighted by atomic mass is 79.9. The van der Waals surface area contributed by atoms with Crippen molar-refractivity contribution in [3.63, 3.8) is 0 Å². The Morgan fingerprint density at radius 3 is 3.00 bits per heavy atom. The molecule has 1 aromatic carbocycles. The molecular weight excluding hydrogens is 268 g/mol. The van der Waals surface area contributed by atoms with Crippen LogP contribution in [0, 0.1) is 17.0 Å². The van der Waals surface area contributed by atoms with Crippen molar-refractivity contribution in [2.45, 2.75) is 6.92 Å². The summed E-state index contributed by atoms with van der Waals surface area (Å²) in [7, 11) is 0. The van der Waals surface area contributed by atoms with Gasteiger partial charge in [0.25, 0.3) is 5.69 Å². The number of nitrogens with zero attached hydrogens (tertiary/aromatic N) is 2. The van der Waals surface area contributed by atoms with Crippen LogP contribution in [0.15, 0.2) is 16.0 Å². The van der Waals surface area contributed by atoms with Crippen molar-refractivity contribution in [3.05, 3.63) is 31.7 Å². The molecule has 2 rings (SSSR count). The lowest BCUT2D eigenvalue weighted by Crippen LogP contribution is -1.92. The van der Waals surface area contributed by atoms with E-state index in [2.05, 4.69) is 20.9 Å². The van der Waals surface area contributed by atoms with Gasteiger partial charge in [-0.3, -0.25) is 10.1 Å². The molecule has 0 saturated heterocycles. The summed E-state index contributed by atoms with van der Waals surface area (Å²) in [4.78, 5) is 14.4. The van der Waals surface area contributed by atoms with Crippen LogP contribution in [-0.2, 0) is 0 Å². The number of nitro benzene ring substituents is 1. The molecule has 1 aromatic heterocycles. The first-order chi connectivity index (χ1) is 6.61. The van der Waals surface area contributed by atoms with Gasteiger partial charge in [0, 0.05) is 10.5 Å². The highest BCUT2D eigenvalue weighted by molar-refractivity contribution is 9.10. The number of hydrogen-bond donors (Lipinski definition) is 0. The first-order valence-electron chi connectivity index (χ1n) is 3.78. The summed E-state index contributed by atoms with van der Waals surface area (Å²) in [5, 5.41) is 10.7. The van der Waals surface area contributed by atoms with Crippen LogP contribution in [0.25, 0.3) is 10.2 Å². The quantitative estimate of drug-likeness (QED) is 0.591. The zero-order valence-corrected chi connectivity index (χ0v) is 9.55. The maximum absolute atomic E-state index is 10.7. The van der Waals surface area contributed by atoms with Gasteiger partial charge in [-0.25, -0.2) is 4.98 Å². The van der Waals surface area contributed by atoms with E-state index in [1.165, 1.54) is 17.4 Å². The Balaban J connectivity index is 2.88. The third kappa shape index (κ3) is 1.31.